The SMILES string of the molecule is Cc1ccc2c(Nc3ccc(Cl)cc3)nccc2c1Nc1ncccc1-c1ncnc2c1ncn2C1CCCCO1. The topological polar surface area (TPSA) is 103 Å². The van der Waals surface area contributed by atoms with Gasteiger partial charge in [0.25, 0.3) is 0 Å². The number of hydrogen-bond acceptors (Lipinski definition) is 8. The Morgan fingerprint density at radius 3 is 2.59 bits per heavy atom. The summed E-state index contributed by atoms with van der Waals surface area (Å²) in [5, 5.41) is 9.71. The van der Waals surface area contributed by atoms with Gasteiger partial charge in [-0.2, -0.15) is 0 Å². The van der Waals surface area contributed by atoms with E-state index in [2.05, 4.69) is 44.6 Å². The van der Waals surface area contributed by atoms with E-state index < -0.39 is 0 Å². The molecule has 1 fully saturated rings. The first-order valence-corrected chi connectivity index (χ1v) is 14.0. The molecule has 204 valence electrons. The van der Waals surface area contributed by atoms with Crippen LogP contribution in [0.5, 0.6) is 0 Å². The van der Waals surface area contributed by atoms with Crippen molar-refractivity contribution in [1.82, 2.24) is 29.5 Å². The first-order valence-electron chi connectivity index (χ1n) is 13.6. The molecule has 0 amide bonds. The third kappa shape index (κ3) is 4.83. The zero-order chi connectivity index (χ0) is 27.8. The van der Waals surface area contributed by atoms with Gasteiger partial charge in [-0.3, -0.25) is 4.57 Å². The van der Waals surface area contributed by atoms with Gasteiger partial charge in [0.2, 0.25) is 0 Å². The predicted molar refractivity (Wildman–Crippen MR) is 162 cm³/mol. The van der Waals surface area contributed by atoms with Crippen molar-refractivity contribution in [2.24, 2.45) is 0 Å². The molecule has 7 rings (SSSR count). The van der Waals surface area contributed by atoms with E-state index in [-0.39, 0.29) is 6.23 Å². The fourth-order valence-corrected chi connectivity index (χ4v) is 5.44. The summed E-state index contributed by atoms with van der Waals surface area (Å²) in [4.78, 5) is 23.3. The average Bonchev–Trinajstić information content (AvgIpc) is 3.45. The smallest absolute Gasteiger partial charge is 0.165 e. The van der Waals surface area contributed by atoms with Crippen molar-refractivity contribution in [3.8, 4) is 11.3 Å². The van der Waals surface area contributed by atoms with Gasteiger partial charge in [0.15, 0.2) is 5.65 Å². The third-order valence-corrected chi connectivity index (χ3v) is 7.64. The van der Waals surface area contributed by atoms with Crippen LogP contribution in [0.3, 0.4) is 0 Å². The largest absolute Gasteiger partial charge is 0.358 e. The second-order valence-corrected chi connectivity index (χ2v) is 10.5. The van der Waals surface area contributed by atoms with Gasteiger partial charge in [-0.1, -0.05) is 23.7 Å². The Hall–Kier alpha value is -4.60. The van der Waals surface area contributed by atoms with Crippen LogP contribution in [0.15, 0.2) is 79.6 Å². The fourth-order valence-electron chi connectivity index (χ4n) is 5.32. The van der Waals surface area contributed by atoms with Gasteiger partial charge < -0.3 is 15.4 Å². The molecule has 0 bridgehead atoms. The molecule has 1 aliphatic heterocycles. The summed E-state index contributed by atoms with van der Waals surface area (Å²) in [6, 6.07) is 17.6. The van der Waals surface area contributed by atoms with Crippen molar-refractivity contribution in [2.75, 3.05) is 17.2 Å². The lowest BCUT2D eigenvalue weighted by molar-refractivity contribution is -0.0298. The number of fused-ring (bicyclic) bond motifs is 2. The van der Waals surface area contributed by atoms with Gasteiger partial charge in [-0.25, -0.2) is 24.9 Å². The maximum atomic E-state index is 6.07. The molecule has 1 aliphatic rings. The van der Waals surface area contributed by atoms with E-state index in [0.717, 1.165) is 70.6 Å². The number of nitrogens with zero attached hydrogens (tertiary/aromatic N) is 6. The fraction of sp³-hybridized carbons (Fsp3) is 0.194. The lowest BCUT2D eigenvalue weighted by atomic mass is 10.0. The molecule has 1 atom stereocenters. The van der Waals surface area contributed by atoms with Crippen molar-refractivity contribution < 1.29 is 4.74 Å². The molecule has 2 aromatic carbocycles. The number of rotatable bonds is 6. The zero-order valence-electron chi connectivity index (χ0n) is 22.4. The van der Waals surface area contributed by atoms with Crippen LogP contribution < -0.4 is 10.6 Å². The average molecular weight is 563 g/mol. The quantitative estimate of drug-likeness (QED) is 0.214. The molecule has 0 radical (unpaired) electrons. The number of nitrogens with one attached hydrogen (secondary N) is 2. The van der Waals surface area contributed by atoms with E-state index in [0.29, 0.717) is 22.1 Å². The van der Waals surface area contributed by atoms with Crippen LogP contribution in [-0.2, 0) is 4.74 Å². The molecule has 41 heavy (non-hydrogen) atoms. The third-order valence-electron chi connectivity index (χ3n) is 7.39. The molecule has 10 heteroatoms. The number of pyridine rings is 2. The maximum absolute atomic E-state index is 6.07. The normalized spacial score (nSPS) is 15.3. The summed E-state index contributed by atoms with van der Waals surface area (Å²) in [7, 11) is 0. The van der Waals surface area contributed by atoms with Crippen LogP contribution >= 0.6 is 11.6 Å². The molecule has 1 unspecified atom stereocenters. The number of aromatic nitrogens is 6. The minimum absolute atomic E-state index is 0.0642. The monoisotopic (exact) mass is 562 g/mol. The Morgan fingerprint density at radius 1 is 0.854 bits per heavy atom. The number of anilines is 4. The van der Waals surface area contributed by atoms with Crippen LogP contribution in [0.1, 0.15) is 31.1 Å². The zero-order valence-corrected chi connectivity index (χ0v) is 23.1. The summed E-state index contributed by atoms with van der Waals surface area (Å²) >= 11 is 6.07. The number of halogens is 1. The van der Waals surface area contributed by atoms with Crippen LogP contribution in [0, 0.1) is 6.92 Å². The van der Waals surface area contributed by atoms with E-state index in [1.165, 1.54) is 0 Å². The first-order chi connectivity index (χ1) is 20.2. The highest BCUT2D eigenvalue weighted by Gasteiger charge is 2.22. The van der Waals surface area contributed by atoms with Crippen LogP contribution in [0.25, 0.3) is 33.2 Å². The lowest BCUT2D eigenvalue weighted by Gasteiger charge is -2.23. The van der Waals surface area contributed by atoms with E-state index in [4.69, 9.17) is 26.3 Å². The molecule has 2 N–H and O–H groups in total. The summed E-state index contributed by atoms with van der Waals surface area (Å²) in [6.45, 7) is 2.82. The number of imidazole rings is 1. The molecule has 1 saturated heterocycles. The summed E-state index contributed by atoms with van der Waals surface area (Å²) < 4.78 is 8.02. The van der Waals surface area contributed by atoms with Gasteiger partial charge in [0.05, 0.1) is 12.0 Å². The van der Waals surface area contributed by atoms with Crippen LogP contribution in [0.2, 0.25) is 5.02 Å². The Balaban J connectivity index is 1.28. The maximum Gasteiger partial charge on any atom is 0.165 e. The molecule has 9 nitrogen and oxygen atoms in total. The van der Waals surface area contributed by atoms with E-state index in [9.17, 15) is 0 Å². The predicted octanol–water partition coefficient (Wildman–Crippen LogP) is 7.58. The van der Waals surface area contributed by atoms with Gasteiger partial charge >= 0.3 is 0 Å². The number of hydrogen-bond donors (Lipinski definition) is 2. The summed E-state index contributed by atoms with van der Waals surface area (Å²) in [5.74, 6) is 1.43. The van der Waals surface area contributed by atoms with E-state index in [1.807, 2.05) is 47.0 Å². The van der Waals surface area contributed by atoms with Gasteiger partial charge in [-0.05, 0) is 74.2 Å². The highest BCUT2D eigenvalue weighted by atomic mass is 35.5. The molecule has 5 heterocycles. The van der Waals surface area contributed by atoms with Crippen LogP contribution in [-0.4, -0.2) is 36.1 Å². The Labute approximate surface area is 241 Å². The van der Waals surface area contributed by atoms with Crippen molar-refractivity contribution in [1.29, 1.82) is 0 Å². The second-order valence-electron chi connectivity index (χ2n) is 10.0. The van der Waals surface area contributed by atoms with E-state index in [1.54, 1.807) is 25.0 Å². The summed E-state index contributed by atoms with van der Waals surface area (Å²) in [6.07, 6.45) is 10.0. The standard InChI is InChI=1S/C31H27ClN8O/c1-19-7-12-23-22(13-15-34-29(23)38-21-10-8-20(32)9-11-21)26(19)39-30-24(5-4-14-33-30)27-28-31(36-17-35-27)40(18-37-28)25-6-2-3-16-41-25/h4-5,7-15,17-18,25H,2-3,6,16H2,1H3,(H,33,39)(H,34,38). The minimum atomic E-state index is -0.0642. The number of aryl methyl sites for hydroxylation is 1. The highest BCUT2D eigenvalue weighted by molar-refractivity contribution is 6.30. The van der Waals surface area contributed by atoms with Crippen molar-refractivity contribution in [3.63, 3.8) is 0 Å². The number of ether oxygens (including phenoxy) is 1. The van der Waals surface area contributed by atoms with E-state index >= 15 is 0 Å². The highest BCUT2D eigenvalue weighted by Crippen LogP contribution is 2.37. The molecule has 4 aromatic heterocycles. The van der Waals surface area contributed by atoms with Crippen molar-refractivity contribution in [2.45, 2.75) is 32.4 Å². The Kier molecular flexibility index (Phi) is 6.66. The Morgan fingerprint density at radius 2 is 1.73 bits per heavy atom. The second kappa shape index (κ2) is 10.8. The van der Waals surface area contributed by atoms with Gasteiger partial charge in [-0.15, -0.1) is 0 Å². The van der Waals surface area contributed by atoms with Crippen molar-refractivity contribution >= 4 is 56.5 Å². The van der Waals surface area contributed by atoms with Gasteiger partial charge in [0, 0.05) is 46.0 Å². The molecule has 0 aliphatic carbocycles. The first kappa shape index (κ1) is 25.4. The van der Waals surface area contributed by atoms with Crippen LogP contribution in [0.4, 0.5) is 23.0 Å². The Bertz CT molecular complexity index is 1860. The molecule has 6 aromatic rings. The molecular weight excluding hydrogens is 536 g/mol. The summed E-state index contributed by atoms with van der Waals surface area (Å²) in [5.41, 5.74) is 5.93. The molecule has 0 spiro atoms. The van der Waals surface area contributed by atoms with Gasteiger partial charge in [0.1, 0.15) is 35.4 Å². The lowest BCUT2D eigenvalue weighted by Crippen LogP contribution is -2.17. The number of benzene rings is 2. The minimum Gasteiger partial charge on any atom is -0.358 e. The molecule has 0 saturated carbocycles. The molecular formula is C31H27ClN8O. The van der Waals surface area contributed by atoms with Crippen molar-refractivity contribution in [3.05, 3.63) is 90.2 Å².